The molecule has 176 valence electrons. The van der Waals surface area contributed by atoms with E-state index in [1.807, 2.05) is 47.5 Å². The number of rotatable bonds is 8. The zero-order valence-electron chi connectivity index (χ0n) is 20.0. The molecule has 34 heavy (non-hydrogen) atoms. The molecule has 1 aliphatic carbocycles. The fourth-order valence-electron chi connectivity index (χ4n) is 5.15. The lowest BCUT2D eigenvalue weighted by Crippen LogP contribution is -2.31. The summed E-state index contributed by atoms with van der Waals surface area (Å²) in [4.78, 5) is 19.7. The molecule has 0 radical (unpaired) electrons. The summed E-state index contributed by atoms with van der Waals surface area (Å²) in [6.45, 7) is 7.30. The maximum Gasteiger partial charge on any atom is 0.253 e. The maximum absolute atomic E-state index is 13.2. The normalized spacial score (nSPS) is 20.6. The van der Waals surface area contributed by atoms with Crippen LogP contribution in [0.4, 0.5) is 11.5 Å². The molecule has 1 unspecified atom stereocenters. The third-order valence-corrected chi connectivity index (χ3v) is 7.13. The first kappa shape index (κ1) is 22.3. The second-order valence-corrected chi connectivity index (χ2v) is 9.30. The van der Waals surface area contributed by atoms with Crippen molar-refractivity contribution in [1.82, 2.24) is 9.88 Å². The second-order valence-electron chi connectivity index (χ2n) is 9.30. The van der Waals surface area contributed by atoms with Crippen LogP contribution in [0.25, 0.3) is 0 Å². The van der Waals surface area contributed by atoms with Crippen LogP contribution >= 0.6 is 0 Å². The molecule has 1 saturated heterocycles. The molecule has 2 heterocycles. The summed E-state index contributed by atoms with van der Waals surface area (Å²) in [5.74, 6) is 3.60. The molecule has 3 atom stereocenters. The highest BCUT2D eigenvalue weighted by molar-refractivity contribution is 5.95. The van der Waals surface area contributed by atoms with Crippen molar-refractivity contribution in [3.8, 4) is 5.75 Å². The van der Waals surface area contributed by atoms with E-state index in [-0.39, 0.29) is 5.91 Å². The van der Waals surface area contributed by atoms with E-state index in [0.717, 1.165) is 53.6 Å². The minimum Gasteiger partial charge on any atom is -0.497 e. The lowest BCUT2D eigenvalue weighted by molar-refractivity contribution is 0.0773. The molecule has 5 rings (SSSR count). The molecule has 2 fully saturated rings. The topological polar surface area (TPSA) is 66.5 Å². The van der Waals surface area contributed by atoms with Gasteiger partial charge >= 0.3 is 0 Å². The van der Waals surface area contributed by atoms with Crippen LogP contribution in [0.1, 0.15) is 39.9 Å². The summed E-state index contributed by atoms with van der Waals surface area (Å²) in [6, 6.07) is 18.4. The highest BCUT2D eigenvalue weighted by atomic mass is 16.5. The van der Waals surface area contributed by atoms with E-state index in [1.165, 1.54) is 5.56 Å². The first-order valence-electron chi connectivity index (χ1n) is 12.0. The minimum absolute atomic E-state index is 0.125. The summed E-state index contributed by atoms with van der Waals surface area (Å²) in [7, 11) is 1.69. The maximum atomic E-state index is 13.2. The molecular weight excluding hydrogens is 424 g/mol. The van der Waals surface area contributed by atoms with Gasteiger partial charge in [0, 0.05) is 43.6 Å². The van der Waals surface area contributed by atoms with Crippen LogP contribution in [0.5, 0.6) is 5.75 Å². The molecule has 0 spiro atoms. The molecule has 6 nitrogen and oxygen atoms in total. The van der Waals surface area contributed by atoms with Crippen LogP contribution in [0.2, 0.25) is 0 Å². The van der Waals surface area contributed by atoms with E-state index in [0.29, 0.717) is 24.3 Å². The predicted octanol–water partition coefficient (Wildman–Crippen LogP) is 4.93. The first-order chi connectivity index (χ1) is 16.6. The molecule has 2 aromatic carbocycles. The van der Waals surface area contributed by atoms with E-state index < -0.39 is 0 Å². The summed E-state index contributed by atoms with van der Waals surface area (Å²) >= 11 is 0. The average Bonchev–Trinajstić information content (AvgIpc) is 3.36. The van der Waals surface area contributed by atoms with Gasteiger partial charge in [-0.2, -0.15) is 0 Å². The average molecular weight is 457 g/mol. The molecule has 2 aliphatic rings. The van der Waals surface area contributed by atoms with Crippen molar-refractivity contribution < 1.29 is 9.53 Å². The summed E-state index contributed by atoms with van der Waals surface area (Å²) in [5, 5.41) is 6.69. The minimum atomic E-state index is 0.125. The molecule has 2 N–H and O–H groups in total. The van der Waals surface area contributed by atoms with Crippen molar-refractivity contribution in [3.63, 3.8) is 0 Å². The van der Waals surface area contributed by atoms with Gasteiger partial charge in [-0.3, -0.25) is 4.79 Å². The largest absolute Gasteiger partial charge is 0.497 e. The molecule has 1 aliphatic heterocycles. The number of hydrogen-bond acceptors (Lipinski definition) is 5. The molecule has 1 aromatic heterocycles. The van der Waals surface area contributed by atoms with Crippen LogP contribution < -0.4 is 15.4 Å². The first-order valence-corrected chi connectivity index (χ1v) is 12.0. The van der Waals surface area contributed by atoms with Crippen molar-refractivity contribution in [2.75, 3.05) is 37.4 Å². The highest BCUT2D eigenvalue weighted by Crippen LogP contribution is 2.58. The number of piperidine rings is 1. The number of methoxy groups -OCH3 is 1. The van der Waals surface area contributed by atoms with Crippen molar-refractivity contribution in [1.29, 1.82) is 0 Å². The Kier molecular flexibility index (Phi) is 6.14. The number of likely N-dealkylation sites (tertiary alicyclic amines) is 1. The molecule has 6 heteroatoms. The van der Waals surface area contributed by atoms with Gasteiger partial charge in [-0.25, -0.2) is 4.98 Å². The Morgan fingerprint density at radius 3 is 2.47 bits per heavy atom. The van der Waals surface area contributed by atoms with Gasteiger partial charge in [0.25, 0.3) is 5.91 Å². The van der Waals surface area contributed by atoms with Crippen LogP contribution in [-0.2, 0) is 6.54 Å². The van der Waals surface area contributed by atoms with Crippen LogP contribution in [0, 0.1) is 18.8 Å². The van der Waals surface area contributed by atoms with Crippen molar-refractivity contribution in [2.45, 2.75) is 26.3 Å². The number of amides is 1. The monoisotopic (exact) mass is 456 g/mol. The number of hydrogen-bond donors (Lipinski definition) is 2. The van der Waals surface area contributed by atoms with Gasteiger partial charge < -0.3 is 20.3 Å². The smallest absolute Gasteiger partial charge is 0.253 e. The highest BCUT2D eigenvalue weighted by Gasteiger charge is 2.57. The Labute approximate surface area is 201 Å². The van der Waals surface area contributed by atoms with E-state index in [2.05, 4.69) is 47.7 Å². The number of ether oxygens (including phenoxy) is 1. The van der Waals surface area contributed by atoms with Crippen molar-refractivity contribution in [3.05, 3.63) is 83.0 Å². The number of carbonyl (C=O) groups excluding carboxylic acids is 1. The molecule has 3 aromatic rings. The Bertz CT molecular complexity index is 1150. The Hall–Kier alpha value is -3.54. The van der Waals surface area contributed by atoms with Crippen LogP contribution in [0.15, 0.2) is 60.8 Å². The standard InChI is InChI=1S/C28H32N4O2/c1-4-29-26-12-6-19(15-31-26)14-30-25-13-21(7-5-18(25)2)28(33)32-16-23-24(17-32)27(23)20-8-10-22(34-3)11-9-20/h5-13,15,23-24,27,30H,4,14,16-17H2,1-3H3,(H,29,31)/t23-,24+,27?. The zero-order chi connectivity index (χ0) is 23.7. The summed E-state index contributed by atoms with van der Waals surface area (Å²) in [6.07, 6.45) is 1.88. The number of benzene rings is 2. The number of carbonyl (C=O) groups is 1. The molecule has 0 bridgehead atoms. The predicted molar refractivity (Wildman–Crippen MR) is 136 cm³/mol. The van der Waals surface area contributed by atoms with E-state index in [1.54, 1.807) is 7.11 Å². The van der Waals surface area contributed by atoms with E-state index >= 15 is 0 Å². The SMILES string of the molecule is CCNc1ccc(CNc2cc(C(=O)N3C[C@@H]4C(c5ccc(OC)cc5)[C@@H]4C3)ccc2C)cn1. The quantitative estimate of drug-likeness (QED) is 0.503. The van der Waals surface area contributed by atoms with Gasteiger partial charge in [0.2, 0.25) is 0 Å². The van der Waals surface area contributed by atoms with Gasteiger partial charge in [0.05, 0.1) is 7.11 Å². The van der Waals surface area contributed by atoms with Gasteiger partial charge in [0.1, 0.15) is 11.6 Å². The lowest BCUT2D eigenvalue weighted by atomic mass is 10.1. The number of nitrogens with zero attached hydrogens (tertiary/aromatic N) is 2. The number of fused-ring (bicyclic) bond motifs is 1. The number of aryl methyl sites for hydroxylation is 1. The Balaban J connectivity index is 1.19. The zero-order valence-corrected chi connectivity index (χ0v) is 20.0. The second kappa shape index (κ2) is 9.37. The van der Waals surface area contributed by atoms with Crippen molar-refractivity contribution in [2.24, 2.45) is 11.8 Å². The Morgan fingerprint density at radius 2 is 1.82 bits per heavy atom. The fraction of sp³-hybridized carbons (Fsp3) is 0.357. The van der Waals surface area contributed by atoms with Gasteiger partial charge in [0.15, 0.2) is 0 Å². The van der Waals surface area contributed by atoms with Gasteiger partial charge in [-0.05, 0) is 78.6 Å². The number of aromatic nitrogens is 1. The van der Waals surface area contributed by atoms with Crippen molar-refractivity contribution >= 4 is 17.4 Å². The van der Waals surface area contributed by atoms with Crippen LogP contribution in [-0.4, -0.2) is 42.5 Å². The molecular formula is C28H32N4O2. The fourth-order valence-corrected chi connectivity index (χ4v) is 5.15. The Morgan fingerprint density at radius 1 is 1.06 bits per heavy atom. The van der Waals surface area contributed by atoms with E-state index in [9.17, 15) is 4.79 Å². The van der Waals surface area contributed by atoms with E-state index in [4.69, 9.17) is 4.74 Å². The summed E-state index contributed by atoms with van der Waals surface area (Å²) in [5.41, 5.74) is 5.32. The van der Waals surface area contributed by atoms with Crippen LogP contribution in [0.3, 0.4) is 0 Å². The molecule has 1 amide bonds. The number of nitrogens with one attached hydrogen (secondary N) is 2. The number of anilines is 2. The third-order valence-electron chi connectivity index (χ3n) is 7.13. The molecule has 1 saturated carbocycles. The third kappa shape index (κ3) is 4.45. The summed E-state index contributed by atoms with van der Waals surface area (Å²) < 4.78 is 5.27. The van der Waals surface area contributed by atoms with Gasteiger partial charge in [-0.15, -0.1) is 0 Å². The lowest BCUT2D eigenvalue weighted by Gasteiger charge is -2.21. The number of pyridine rings is 1. The van der Waals surface area contributed by atoms with Gasteiger partial charge in [-0.1, -0.05) is 24.3 Å².